The Bertz CT molecular complexity index is 106. The molecule has 4 heteroatoms. The van der Waals surface area contributed by atoms with Crippen LogP contribution in [0.3, 0.4) is 0 Å². The Morgan fingerprint density at radius 3 is 2.46 bits per heavy atom. The molecule has 0 aliphatic rings. The van der Waals surface area contributed by atoms with Crippen molar-refractivity contribution in [2.75, 3.05) is 39.6 Å². The summed E-state index contributed by atoms with van der Waals surface area (Å²) >= 11 is 0. The van der Waals surface area contributed by atoms with E-state index in [-0.39, 0.29) is 6.61 Å². The Morgan fingerprint density at radius 1 is 1.08 bits per heavy atom. The summed E-state index contributed by atoms with van der Waals surface area (Å²) in [5, 5.41) is 8.32. The highest BCUT2D eigenvalue weighted by atomic mass is 16.5. The van der Waals surface area contributed by atoms with Crippen LogP contribution in [0.2, 0.25) is 0 Å². The highest BCUT2D eigenvalue weighted by Crippen LogP contribution is 1.82. The molecule has 0 aromatic heterocycles. The van der Waals surface area contributed by atoms with E-state index < -0.39 is 0 Å². The molecule has 13 heavy (non-hydrogen) atoms. The maximum atomic E-state index is 8.32. The van der Waals surface area contributed by atoms with Crippen molar-refractivity contribution in [2.24, 2.45) is 0 Å². The van der Waals surface area contributed by atoms with E-state index >= 15 is 0 Å². The molecule has 0 spiro atoms. The van der Waals surface area contributed by atoms with Gasteiger partial charge in [0.25, 0.3) is 0 Å². The molecule has 0 aliphatic carbocycles. The summed E-state index contributed by atoms with van der Waals surface area (Å²) in [7, 11) is 0. The highest BCUT2D eigenvalue weighted by Gasteiger charge is 1.89. The average Bonchev–Trinajstić information content (AvgIpc) is 2.16. The van der Waals surface area contributed by atoms with Crippen molar-refractivity contribution in [3.05, 3.63) is 19.3 Å². The van der Waals surface area contributed by atoms with E-state index in [4.69, 9.17) is 19.3 Å². The number of aliphatic hydroxyl groups excluding tert-OH is 1. The lowest BCUT2D eigenvalue weighted by molar-refractivity contribution is 0.0279. The van der Waals surface area contributed by atoms with Crippen molar-refractivity contribution in [2.45, 2.75) is 0 Å². The molecular formula is C9H17O4. The zero-order chi connectivity index (χ0) is 9.78. The van der Waals surface area contributed by atoms with Crippen LogP contribution in [0.25, 0.3) is 0 Å². The summed E-state index contributed by atoms with van der Waals surface area (Å²) in [6, 6.07) is 0. The quantitative estimate of drug-likeness (QED) is 0.398. The Morgan fingerprint density at radius 2 is 1.77 bits per heavy atom. The van der Waals surface area contributed by atoms with Crippen LogP contribution < -0.4 is 0 Å². The number of hydrogen-bond acceptors (Lipinski definition) is 4. The van der Waals surface area contributed by atoms with E-state index in [0.29, 0.717) is 33.0 Å². The summed E-state index contributed by atoms with van der Waals surface area (Å²) in [6.07, 6.45) is 1.69. The van der Waals surface area contributed by atoms with Crippen molar-refractivity contribution in [3.8, 4) is 0 Å². The summed E-state index contributed by atoms with van der Waals surface area (Å²) in [4.78, 5) is 0. The van der Waals surface area contributed by atoms with E-state index in [1.165, 1.54) is 6.61 Å². The van der Waals surface area contributed by atoms with Crippen LogP contribution in [0.15, 0.2) is 12.7 Å². The van der Waals surface area contributed by atoms with E-state index in [9.17, 15) is 0 Å². The molecule has 0 aromatic carbocycles. The van der Waals surface area contributed by atoms with Crippen molar-refractivity contribution in [1.29, 1.82) is 0 Å². The summed E-state index contributed by atoms with van der Waals surface area (Å²) in [6.45, 7) is 7.42. The van der Waals surface area contributed by atoms with Gasteiger partial charge in [0.1, 0.15) is 6.61 Å². The lowest BCUT2D eigenvalue weighted by atomic mass is 10.6. The molecule has 1 N–H and O–H groups in total. The van der Waals surface area contributed by atoms with Gasteiger partial charge in [0.2, 0.25) is 0 Å². The third-order valence-corrected chi connectivity index (χ3v) is 1.15. The molecule has 0 saturated heterocycles. The van der Waals surface area contributed by atoms with Gasteiger partial charge in [-0.2, -0.15) is 0 Å². The van der Waals surface area contributed by atoms with Crippen molar-refractivity contribution < 1.29 is 19.3 Å². The van der Waals surface area contributed by atoms with Crippen molar-refractivity contribution >= 4 is 0 Å². The smallest absolute Gasteiger partial charge is 0.109 e. The van der Waals surface area contributed by atoms with Crippen LogP contribution in [-0.4, -0.2) is 44.7 Å². The largest absolute Gasteiger partial charge is 0.394 e. The van der Waals surface area contributed by atoms with Crippen LogP contribution >= 0.6 is 0 Å². The van der Waals surface area contributed by atoms with Crippen LogP contribution in [0.4, 0.5) is 0 Å². The van der Waals surface area contributed by atoms with Gasteiger partial charge in [-0.15, -0.1) is 6.58 Å². The summed E-state index contributed by atoms with van der Waals surface area (Å²) in [5.41, 5.74) is 0. The minimum Gasteiger partial charge on any atom is -0.394 e. The first-order valence-corrected chi connectivity index (χ1v) is 4.22. The topological polar surface area (TPSA) is 47.9 Å². The van der Waals surface area contributed by atoms with Crippen molar-refractivity contribution in [1.82, 2.24) is 0 Å². The lowest BCUT2D eigenvalue weighted by Crippen LogP contribution is -2.09. The van der Waals surface area contributed by atoms with Crippen LogP contribution in [0, 0.1) is 6.61 Å². The number of aliphatic hydroxyl groups is 1. The van der Waals surface area contributed by atoms with Gasteiger partial charge in [0.15, 0.2) is 0 Å². The summed E-state index contributed by atoms with van der Waals surface area (Å²) in [5.74, 6) is 0. The molecule has 0 fully saturated rings. The van der Waals surface area contributed by atoms with Crippen LogP contribution in [0.5, 0.6) is 0 Å². The normalized spacial score (nSPS) is 10.2. The maximum Gasteiger partial charge on any atom is 0.109 e. The van der Waals surface area contributed by atoms with Gasteiger partial charge in [-0.05, 0) is 0 Å². The summed E-state index contributed by atoms with van der Waals surface area (Å²) < 4.78 is 15.1. The standard InChI is InChI=1S/C9H17O4/c1-2-4-11-6-8-13-9-7-12-5-3-10/h2,5,10H,1,3-4,6-9H2. The number of hydrogen-bond donors (Lipinski definition) is 1. The van der Waals surface area contributed by atoms with Gasteiger partial charge in [-0.3, -0.25) is 0 Å². The van der Waals surface area contributed by atoms with Crippen molar-refractivity contribution in [3.63, 3.8) is 0 Å². The van der Waals surface area contributed by atoms with Gasteiger partial charge < -0.3 is 19.3 Å². The molecule has 4 nitrogen and oxygen atoms in total. The second-order valence-electron chi connectivity index (χ2n) is 2.20. The van der Waals surface area contributed by atoms with Crippen LogP contribution in [0.1, 0.15) is 0 Å². The predicted octanol–water partition coefficient (Wildman–Crippen LogP) is 0.376. The van der Waals surface area contributed by atoms with E-state index in [2.05, 4.69) is 6.58 Å². The SMILES string of the molecule is C=CCOCCOCCO[CH]CO. The Hall–Kier alpha value is -0.420. The molecule has 0 bridgehead atoms. The monoisotopic (exact) mass is 189 g/mol. The number of rotatable bonds is 10. The molecule has 0 amide bonds. The molecule has 0 rings (SSSR count). The van der Waals surface area contributed by atoms with Gasteiger partial charge in [-0.1, -0.05) is 6.08 Å². The minimum atomic E-state index is -0.0670. The average molecular weight is 189 g/mol. The molecule has 0 unspecified atom stereocenters. The first-order valence-electron chi connectivity index (χ1n) is 4.22. The van der Waals surface area contributed by atoms with Gasteiger partial charge in [0.05, 0.1) is 39.6 Å². The van der Waals surface area contributed by atoms with Gasteiger partial charge in [-0.25, -0.2) is 0 Å². The molecule has 0 aliphatic heterocycles. The second kappa shape index (κ2) is 11.6. The third-order valence-electron chi connectivity index (χ3n) is 1.15. The second-order valence-corrected chi connectivity index (χ2v) is 2.20. The van der Waals surface area contributed by atoms with Crippen LogP contribution in [-0.2, 0) is 14.2 Å². The Kier molecular flexibility index (Phi) is 11.2. The maximum absolute atomic E-state index is 8.32. The highest BCUT2D eigenvalue weighted by molar-refractivity contribution is 4.63. The first-order chi connectivity index (χ1) is 6.41. The number of ether oxygens (including phenoxy) is 3. The zero-order valence-corrected chi connectivity index (χ0v) is 7.78. The third kappa shape index (κ3) is 11.6. The lowest BCUT2D eigenvalue weighted by Gasteiger charge is -2.04. The zero-order valence-electron chi connectivity index (χ0n) is 7.78. The fourth-order valence-corrected chi connectivity index (χ4v) is 0.630. The molecular weight excluding hydrogens is 172 g/mol. The molecule has 0 heterocycles. The van der Waals surface area contributed by atoms with E-state index in [0.717, 1.165) is 0 Å². The van der Waals surface area contributed by atoms with E-state index in [1.807, 2.05) is 0 Å². The first kappa shape index (κ1) is 12.6. The fraction of sp³-hybridized carbons (Fsp3) is 0.667. The molecule has 1 radical (unpaired) electrons. The fourth-order valence-electron chi connectivity index (χ4n) is 0.630. The van der Waals surface area contributed by atoms with Gasteiger partial charge in [0, 0.05) is 0 Å². The Labute approximate surface area is 79.1 Å². The predicted molar refractivity (Wildman–Crippen MR) is 49.2 cm³/mol. The minimum absolute atomic E-state index is 0.0670. The van der Waals surface area contributed by atoms with Gasteiger partial charge >= 0.3 is 0 Å². The molecule has 0 atom stereocenters. The van der Waals surface area contributed by atoms with E-state index in [1.54, 1.807) is 6.08 Å². The molecule has 0 saturated carbocycles. The Balaban J connectivity index is 2.79. The molecule has 0 aromatic rings. The molecule has 77 valence electrons.